The molecule has 120 valence electrons. The van der Waals surface area contributed by atoms with Gasteiger partial charge in [-0.3, -0.25) is 4.79 Å². The van der Waals surface area contributed by atoms with Crippen LogP contribution in [0, 0.1) is 0 Å². The summed E-state index contributed by atoms with van der Waals surface area (Å²) in [4.78, 5) is 22.6. The molecule has 1 aliphatic rings. The molecule has 0 aromatic heterocycles. The van der Waals surface area contributed by atoms with E-state index in [4.69, 9.17) is 16.7 Å². The normalized spacial score (nSPS) is 18.8. The highest BCUT2D eigenvalue weighted by atomic mass is 35.5. The Balaban J connectivity index is 2.57. The Morgan fingerprint density at radius 2 is 2.05 bits per heavy atom. The number of rotatable bonds is 3. The Kier molecular flexibility index (Phi) is 4.20. The predicted molar refractivity (Wildman–Crippen MR) is 79.4 cm³/mol. The van der Waals surface area contributed by atoms with Crippen LogP contribution >= 0.6 is 11.6 Å². The molecule has 1 amide bonds. The van der Waals surface area contributed by atoms with Gasteiger partial charge >= 0.3 is 5.97 Å². The van der Waals surface area contributed by atoms with Gasteiger partial charge in [-0.05, 0) is 32.0 Å². The summed E-state index contributed by atoms with van der Waals surface area (Å²) < 4.78 is 26.7. The maximum atomic E-state index is 12.8. The van der Waals surface area contributed by atoms with Crippen LogP contribution in [0.4, 0.5) is 0 Å². The number of sulfonamides is 1. The van der Waals surface area contributed by atoms with Gasteiger partial charge < -0.3 is 10.4 Å². The Bertz CT molecular complexity index is 745. The molecule has 0 atom stereocenters. The first-order chi connectivity index (χ1) is 10.1. The second-order valence-corrected chi connectivity index (χ2v) is 7.58. The third-order valence-electron chi connectivity index (χ3n) is 3.53. The highest BCUT2D eigenvalue weighted by Crippen LogP contribution is 2.31. The number of carboxylic acid groups (broad SMARTS) is 1. The van der Waals surface area contributed by atoms with Crippen molar-refractivity contribution in [1.29, 1.82) is 0 Å². The van der Waals surface area contributed by atoms with Gasteiger partial charge in [0.05, 0.1) is 10.6 Å². The number of carboxylic acids is 1. The number of piperazine rings is 1. The van der Waals surface area contributed by atoms with Crippen LogP contribution in [-0.4, -0.2) is 48.3 Å². The Hall–Kier alpha value is -1.64. The average molecular weight is 347 g/mol. The Labute approximate surface area is 132 Å². The van der Waals surface area contributed by atoms with E-state index in [0.29, 0.717) is 0 Å². The predicted octanol–water partition coefficient (Wildman–Crippen LogP) is 0.937. The monoisotopic (exact) mass is 346 g/mol. The van der Waals surface area contributed by atoms with Crippen LogP contribution in [0.25, 0.3) is 0 Å². The van der Waals surface area contributed by atoms with Gasteiger partial charge in [0.25, 0.3) is 0 Å². The number of nitrogens with one attached hydrogen (secondary N) is 1. The van der Waals surface area contributed by atoms with Crippen molar-refractivity contribution in [3.05, 3.63) is 28.8 Å². The molecule has 2 N–H and O–H groups in total. The van der Waals surface area contributed by atoms with E-state index in [0.717, 1.165) is 10.4 Å². The quantitative estimate of drug-likeness (QED) is 0.847. The molecule has 1 saturated heterocycles. The molecule has 1 heterocycles. The molecule has 0 aliphatic carbocycles. The number of carbonyl (C=O) groups is 2. The molecule has 0 radical (unpaired) electrons. The summed E-state index contributed by atoms with van der Waals surface area (Å²) in [6, 6.07) is 3.44. The number of hydrogen-bond acceptors (Lipinski definition) is 4. The van der Waals surface area contributed by atoms with Crippen molar-refractivity contribution in [2.45, 2.75) is 24.3 Å². The van der Waals surface area contributed by atoms with E-state index >= 15 is 0 Å². The van der Waals surface area contributed by atoms with Crippen molar-refractivity contribution in [3.8, 4) is 0 Å². The second kappa shape index (κ2) is 5.53. The number of aromatic carboxylic acids is 1. The molecule has 1 fully saturated rings. The third-order valence-corrected chi connectivity index (χ3v) is 6.08. The zero-order valence-electron chi connectivity index (χ0n) is 12.0. The molecular weight excluding hydrogens is 332 g/mol. The van der Waals surface area contributed by atoms with Gasteiger partial charge in [-0.1, -0.05) is 11.6 Å². The maximum Gasteiger partial charge on any atom is 0.335 e. The molecule has 0 bridgehead atoms. The zero-order valence-corrected chi connectivity index (χ0v) is 13.5. The van der Waals surface area contributed by atoms with E-state index in [2.05, 4.69) is 5.32 Å². The standard InChI is InChI=1S/C13H15ClN2O5S/c1-13(2)12(19)15-5-6-16(13)22(20,21)10-7-8(11(17)18)3-4-9(10)14/h3-4,7H,5-6H2,1-2H3,(H,15,19)(H,17,18). The fourth-order valence-corrected chi connectivity index (χ4v) is 4.51. The lowest BCUT2D eigenvalue weighted by Gasteiger charge is -2.40. The van der Waals surface area contributed by atoms with Crippen molar-refractivity contribution < 1.29 is 23.1 Å². The van der Waals surface area contributed by atoms with E-state index in [9.17, 15) is 18.0 Å². The lowest BCUT2D eigenvalue weighted by atomic mass is 10.0. The van der Waals surface area contributed by atoms with Gasteiger partial charge in [0.15, 0.2) is 0 Å². The minimum atomic E-state index is -4.11. The molecule has 1 aliphatic heterocycles. The third kappa shape index (κ3) is 2.69. The SMILES string of the molecule is CC1(C)C(=O)NCCN1S(=O)(=O)c1cc(C(=O)O)ccc1Cl. The first-order valence-corrected chi connectivity index (χ1v) is 8.24. The minimum Gasteiger partial charge on any atom is -0.478 e. The van der Waals surface area contributed by atoms with Crippen molar-refractivity contribution >= 4 is 33.5 Å². The van der Waals surface area contributed by atoms with Gasteiger partial charge in [-0.2, -0.15) is 4.31 Å². The average Bonchev–Trinajstić information content (AvgIpc) is 2.41. The van der Waals surface area contributed by atoms with Gasteiger partial charge in [0.2, 0.25) is 15.9 Å². The summed E-state index contributed by atoms with van der Waals surface area (Å²) in [6.45, 7) is 3.22. The summed E-state index contributed by atoms with van der Waals surface area (Å²) in [5, 5.41) is 11.5. The summed E-state index contributed by atoms with van der Waals surface area (Å²) in [6.07, 6.45) is 0. The van der Waals surface area contributed by atoms with Crippen LogP contribution in [0.5, 0.6) is 0 Å². The van der Waals surface area contributed by atoms with Gasteiger partial charge in [0, 0.05) is 13.1 Å². The zero-order chi connectivity index (χ0) is 16.7. The second-order valence-electron chi connectivity index (χ2n) is 5.34. The van der Waals surface area contributed by atoms with Crippen LogP contribution in [0.15, 0.2) is 23.1 Å². The van der Waals surface area contributed by atoms with Crippen molar-refractivity contribution in [2.24, 2.45) is 0 Å². The van der Waals surface area contributed by atoms with E-state index in [1.54, 1.807) is 0 Å². The van der Waals surface area contributed by atoms with Gasteiger partial charge in [-0.15, -0.1) is 0 Å². The molecule has 22 heavy (non-hydrogen) atoms. The van der Waals surface area contributed by atoms with Crippen molar-refractivity contribution in [2.75, 3.05) is 13.1 Å². The first-order valence-electron chi connectivity index (χ1n) is 6.42. The summed E-state index contributed by atoms with van der Waals surface area (Å²) in [5.74, 6) is -1.68. The molecule has 2 rings (SSSR count). The van der Waals surface area contributed by atoms with E-state index in [-0.39, 0.29) is 28.6 Å². The lowest BCUT2D eigenvalue weighted by Crippen LogP contribution is -2.63. The fraction of sp³-hybridized carbons (Fsp3) is 0.385. The van der Waals surface area contributed by atoms with Crippen molar-refractivity contribution in [3.63, 3.8) is 0 Å². The van der Waals surface area contributed by atoms with Crippen molar-refractivity contribution in [1.82, 2.24) is 9.62 Å². The molecule has 9 heteroatoms. The number of amides is 1. The number of carbonyl (C=O) groups excluding carboxylic acids is 1. The maximum absolute atomic E-state index is 12.8. The van der Waals surface area contributed by atoms with Crippen LogP contribution < -0.4 is 5.32 Å². The number of halogens is 1. The minimum absolute atomic E-state index is 0.0781. The Morgan fingerprint density at radius 1 is 1.41 bits per heavy atom. The van der Waals surface area contributed by atoms with Crippen LogP contribution in [-0.2, 0) is 14.8 Å². The molecule has 0 unspecified atom stereocenters. The van der Waals surface area contributed by atoms with Gasteiger partial charge in [-0.25, -0.2) is 13.2 Å². The van der Waals surface area contributed by atoms with Crippen LogP contribution in [0.1, 0.15) is 24.2 Å². The summed E-state index contributed by atoms with van der Waals surface area (Å²) in [5.41, 5.74) is -1.48. The van der Waals surface area contributed by atoms with Crippen LogP contribution in [0.2, 0.25) is 5.02 Å². The molecular formula is C13H15ClN2O5S. The molecule has 0 spiro atoms. The molecule has 7 nitrogen and oxygen atoms in total. The fourth-order valence-electron chi connectivity index (χ4n) is 2.25. The Morgan fingerprint density at radius 3 is 2.64 bits per heavy atom. The summed E-state index contributed by atoms with van der Waals surface area (Å²) >= 11 is 5.93. The van der Waals surface area contributed by atoms with E-state index in [1.165, 1.54) is 26.0 Å². The topological polar surface area (TPSA) is 104 Å². The van der Waals surface area contributed by atoms with Crippen LogP contribution in [0.3, 0.4) is 0 Å². The number of hydrogen-bond donors (Lipinski definition) is 2. The van der Waals surface area contributed by atoms with Gasteiger partial charge in [0.1, 0.15) is 10.4 Å². The van der Waals surface area contributed by atoms with E-state index in [1.807, 2.05) is 0 Å². The first kappa shape index (κ1) is 16.7. The summed E-state index contributed by atoms with van der Waals surface area (Å²) in [7, 11) is -4.11. The molecule has 1 aromatic carbocycles. The lowest BCUT2D eigenvalue weighted by molar-refractivity contribution is -0.131. The van der Waals surface area contributed by atoms with E-state index < -0.39 is 27.4 Å². The highest BCUT2D eigenvalue weighted by molar-refractivity contribution is 7.89. The number of benzene rings is 1. The number of nitrogens with zero attached hydrogens (tertiary/aromatic N) is 1. The molecule has 0 saturated carbocycles. The highest BCUT2D eigenvalue weighted by Gasteiger charge is 2.45. The molecule has 1 aromatic rings. The largest absolute Gasteiger partial charge is 0.478 e. The smallest absolute Gasteiger partial charge is 0.335 e.